The first kappa shape index (κ1) is 16.3. The van der Waals surface area contributed by atoms with E-state index in [-0.39, 0.29) is 12.1 Å². The molecule has 6 heteroatoms. The summed E-state index contributed by atoms with van der Waals surface area (Å²) in [7, 11) is 0. The smallest absolute Gasteiger partial charge is 0.317 e. The molecular formula is C18H27N3O2S. The van der Waals surface area contributed by atoms with Gasteiger partial charge in [0.2, 0.25) is 0 Å². The zero-order valence-corrected chi connectivity index (χ0v) is 15.2. The van der Waals surface area contributed by atoms with Crippen molar-refractivity contribution in [3.05, 3.63) is 16.1 Å². The minimum absolute atomic E-state index is 0.0885. The van der Waals surface area contributed by atoms with Gasteiger partial charge in [-0.1, -0.05) is 0 Å². The molecule has 0 bridgehead atoms. The quantitative estimate of drug-likeness (QED) is 0.905. The Bertz CT molecular complexity index is 573. The lowest BCUT2D eigenvalue weighted by Gasteiger charge is -2.35. The molecule has 24 heavy (non-hydrogen) atoms. The average molecular weight is 350 g/mol. The van der Waals surface area contributed by atoms with Gasteiger partial charge in [-0.3, -0.25) is 0 Å². The molecular weight excluding hydrogens is 322 g/mol. The van der Waals surface area contributed by atoms with Crippen molar-refractivity contribution in [3.8, 4) is 0 Å². The number of rotatable bonds is 4. The fraction of sp³-hybridized carbons (Fsp3) is 0.778. The van der Waals surface area contributed by atoms with Crippen LogP contribution in [0, 0.1) is 18.8 Å². The van der Waals surface area contributed by atoms with Crippen molar-refractivity contribution in [1.29, 1.82) is 0 Å². The van der Waals surface area contributed by atoms with Crippen LogP contribution < -0.4 is 5.32 Å². The Morgan fingerprint density at radius 3 is 2.71 bits per heavy atom. The van der Waals surface area contributed by atoms with Crippen molar-refractivity contribution < 1.29 is 9.53 Å². The van der Waals surface area contributed by atoms with Gasteiger partial charge >= 0.3 is 6.03 Å². The van der Waals surface area contributed by atoms with Crippen LogP contribution in [0.25, 0.3) is 0 Å². The normalized spacial score (nSPS) is 26.5. The van der Waals surface area contributed by atoms with Gasteiger partial charge in [-0.25, -0.2) is 9.78 Å². The Morgan fingerprint density at radius 2 is 2.12 bits per heavy atom. The third kappa shape index (κ3) is 3.59. The Morgan fingerprint density at radius 1 is 1.33 bits per heavy atom. The number of piperidine rings is 1. The van der Waals surface area contributed by atoms with Crippen molar-refractivity contribution in [2.24, 2.45) is 11.8 Å². The Balaban J connectivity index is 1.32. The minimum Gasteiger partial charge on any atom is -0.378 e. The summed E-state index contributed by atoms with van der Waals surface area (Å²) in [4.78, 5) is 19.3. The van der Waals surface area contributed by atoms with Crippen LogP contribution in [0.1, 0.15) is 55.3 Å². The largest absolute Gasteiger partial charge is 0.378 e. The molecule has 1 saturated carbocycles. The van der Waals surface area contributed by atoms with E-state index in [0.29, 0.717) is 17.9 Å². The van der Waals surface area contributed by atoms with Gasteiger partial charge in [0.05, 0.1) is 12.1 Å². The highest BCUT2D eigenvalue weighted by Crippen LogP contribution is 2.42. The molecule has 1 aromatic rings. The van der Waals surface area contributed by atoms with Gasteiger partial charge in [0.15, 0.2) is 0 Å². The summed E-state index contributed by atoms with van der Waals surface area (Å²) in [5, 5.41) is 6.41. The lowest BCUT2D eigenvalue weighted by atomic mass is 9.90. The van der Waals surface area contributed by atoms with E-state index in [2.05, 4.69) is 15.7 Å². The van der Waals surface area contributed by atoms with E-state index in [1.54, 1.807) is 11.3 Å². The molecule has 2 atom stereocenters. The Labute approximate surface area is 147 Å². The molecule has 0 spiro atoms. The molecule has 0 radical (unpaired) electrons. The van der Waals surface area contributed by atoms with E-state index >= 15 is 0 Å². The number of urea groups is 1. The molecule has 0 unspecified atom stereocenters. The van der Waals surface area contributed by atoms with Crippen LogP contribution in [-0.4, -0.2) is 41.7 Å². The first-order chi connectivity index (χ1) is 11.7. The van der Waals surface area contributed by atoms with Crippen LogP contribution in [0.2, 0.25) is 0 Å². The van der Waals surface area contributed by atoms with Crippen molar-refractivity contribution in [2.45, 2.75) is 57.6 Å². The number of hydrogen-bond acceptors (Lipinski definition) is 4. The SMILES string of the molecule is Cc1csc([C@@H](NC(=O)N2CCC([C@@H]3CCCO3)CC2)C2CC2)n1. The molecule has 1 aromatic heterocycles. The molecule has 2 saturated heterocycles. The van der Waals surface area contributed by atoms with E-state index in [4.69, 9.17) is 4.74 Å². The van der Waals surface area contributed by atoms with Crippen LogP contribution in [0.5, 0.6) is 0 Å². The molecule has 2 amide bonds. The van der Waals surface area contributed by atoms with E-state index in [1.807, 2.05) is 11.8 Å². The number of likely N-dealkylation sites (tertiary alicyclic amines) is 1. The molecule has 3 fully saturated rings. The fourth-order valence-corrected chi connectivity index (χ4v) is 4.94. The number of aryl methyl sites for hydroxylation is 1. The van der Waals surface area contributed by atoms with Crippen LogP contribution >= 0.6 is 11.3 Å². The second-order valence-electron chi connectivity index (χ2n) is 7.47. The van der Waals surface area contributed by atoms with Gasteiger partial charge in [0.25, 0.3) is 0 Å². The predicted octanol–water partition coefficient (Wildman–Crippen LogP) is 3.50. The standard InChI is InChI=1S/C18H27N3O2S/c1-12-11-24-17(19-12)16(14-4-5-14)20-18(22)21-8-6-13(7-9-21)15-3-2-10-23-15/h11,13-16H,2-10H2,1H3,(H,20,22)/t15-,16-/m0/s1. The Kier molecular flexibility index (Phi) is 4.77. The molecule has 0 aromatic carbocycles. The van der Waals surface area contributed by atoms with E-state index in [9.17, 15) is 4.79 Å². The van der Waals surface area contributed by atoms with Crippen LogP contribution in [0.15, 0.2) is 5.38 Å². The maximum atomic E-state index is 12.7. The van der Waals surface area contributed by atoms with Crippen molar-refractivity contribution >= 4 is 17.4 Å². The van der Waals surface area contributed by atoms with Crippen molar-refractivity contribution in [3.63, 3.8) is 0 Å². The lowest BCUT2D eigenvalue weighted by molar-refractivity contribution is 0.0370. The number of carbonyl (C=O) groups is 1. The number of amides is 2. The maximum Gasteiger partial charge on any atom is 0.317 e. The monoisotopic (exact) mass is 349 g/mol. The summed E-state index contributed by atoms with van der Waals surface area (Å²) in [5.41, 5.74) is 1.05. The topological polar surface area (TPSA) is 54.5 Å². The molecule has 1 aliphatic carbocycles. The molecule has 3 aliphatic rings. The summed E-state index contributed by atoms with van der Waals surface area (Å²) in [6, 6.07) is 0.192. The number of carbonyl (C=O) groups excluding carboxylic acids is 1. The zero-order valence-electron chi connectivity index (χ0n) is 14.4. The second-order valence-corrected chi connectivity index (χ2v) is 8.36. The van der Waals surface area contributed by atoms with E-state index in [0.717, 1.165) is 43.2 Å². The summed E-state index contributed by atoms with van der Waals surface area (Å²) >= 11 is 1.67. The number of hydrogen-bond donors (Lipinski definition) is 1. The number of thiazole rings is 1. The highest BCUT2D eigenvalue weighted by atomic mass is 32.1. The zero-order chi connectivity index (χ0) is 16.5. The number of nitrogens with one attached hydrogen (secondary N) is 1. The summed E-state index contributed by atoms with van der Waals surface area (Å²) in [6.45, 7) is 4.64. The van der Waals surface area contributed by atoms with E-state index in [1.165, 1.54) is 25.7 Å². The van der Waals surface area contributed by atoms with Crippen LogP contribution in [0.4, 0.5) is 4.79 Å². The predicted molar refractivity (Wildman–Crippen MR) is 94.1 cm³/mol. The van der Waals surface area contributed by atoms with Crippen molar-refractivity contribution in [1.82, 2.24) is 15.2 Å². The van der Waals surface area contributed by atoms with Gasteiger partial charge in [0.1, 0.15) is 5.01 Å². The third-order valence-electron chi connectivity index (χ3n) is 5.59. The minimum atomic E-state index is 0.0885. The van der Waals surface area contributed by atoms with Crippen molar-refractivity contribution in [2.75, 3.05) is 19.7 Å². The third-order valence-corrected chi connectivity index (χ3v) is 6.64. The Hall–Kier alpha value is -1.14. The lowest BCUT2D eigenvalue weighted by Crippen LogP contribution is -2.47. The molecule has 132 valence electrons. The van der Waals surface area contributed by atoms with Gasteiger partial charge in [-0.05, 0) is 57.3 Å². The summed E-state index contributed by atoms with van der Waals surface area (Å²) in [6.07, 6.45) is 7.37. The number of aromatic nitrogens is 1. The van der Waals surface area contributed by atoms with Gasteiger partial charge in [-0.2, -0.15) is 0 Å². The number of nitrogens with zero attached hydrogens (tertiary/aromatic N) is 2. The molecule has 5 nitrogen and oxygen atoms in total. The second kappa shape index (κ2) is 7.00. The van der Waals surface area contributed by atoms with Gasteiger partial charge in [-0.15, -0.1) is 11.3 Å². The highest BCUT2D eigenvalue weighted by Gasteiger charge is 2.37. The number of ether oxygens (including phenoxy) is 1. The van der Waals surface area contributed by atoms with Crippen LogP contribution in [0.3, 0.4) is 0 Å². The van der Waals surface area contributed by atoms with E-state index < -0.39 is 0 Å². The van der Waals surface area contributed by atoms with Crippen LogP contribution in [-0.2, 0) is 4.74 Å². The fourth-order valence-electron chi connectivity index (χ4n) is 4.00. The molecule has 4 rings (SSSR count). The van der Waals surface area contributed by atoms with Gasteiger partial charge in [0, 0.05) is 30.8 Å². The van der Waals surface area contributed by atoms with Gasteiger partial charge < -0.3 is 15.0 Å². The molecule has 1 N–H and O–H groups in total. The molecule has 3 heterocycles. The summed E-state index contributed by atoms with van der Waals surface area (Å²) < 4.78 is 5.83. The maximum absolute atomic E-state index is 12.7. The first-order valence-electron chi connectivity index (χ1n) is 9.30. The highest BCUT2D eigenvalue weighted by molar-refractivity contribution is 7.09. The summed E-state index contributed by atoms with van der Waals surface area (Å²) in [5.74, 6) is 1.21. The first-order valence-corrected chi connectivity index (χ1v) is 10.2. The molecule has 2 aliphatic heterocycles. The average Bonchev–Trinajstić information content (AvgIpc) is 3.10.